The second kappa shape index (κ2) is 10.4. The van der Waals surface area contributed by atoms with Crippen LogP contribution >= 0.6 is 0 Å². The first-order chi connectivity index (χ1) is 18.2. The van der Waals surface area contributed by atoms with Crippen molar-refractivity contribution in [3.63, 3.8) is 0 Å². The molecular formula is C32H36N2O4. The van der Waals surface area contributed by atoms with Gasteiger partial charge in [-0.05, 0) is 72.8 Å². The molecule has 0 radical (unpaired) electrons. The summed E-state index contributed by atoms with van der Waals surface area (Å²) in [5.41, 5.74) is 0.0562. The molecule has 5 rings (SSSR count). The molecule has 1 heterocycles. The van der Waals surface area contributed by atoms with Crippen LogP contribution in [-0.2, 0) is 10.2 Å². The lowest BCUT2D eigenvalue weighted by Gasteiger charge is -2.59. The molecule has 198 valence electrons. The van der Waals surface area contributed by atoms with E-state index in [-0.39, 0.29) is 17.9 Å². The first-order valence-corrected chi connectivity index (χ1v) is 13.4. The predicted molar refractivity (Wildman–Crippen MR) is 149 cm³/mol. The summed E-state index contributed by atoms with van der Waals surface area (Å²) in [5, 5.41) is 14.4. The highest BCUT2D eigenvalue weighted by atomic mass is 16.5. The average molecular weight is 513 g/mol. The SMILES string of the molecule is C=CCN1CCC2(c3cccc(OC(C)=O)c3)CC(N(C)C(=O)c3ccc4ccccc4c3)CCC2(O)C1. The molecule has 0 bridgehead atoms. The van der Waals surface area contributed by atoms with Crippen molar-refractivity contribution in [1.29, 1.82) is 0 Å². The minimum Gasteiger partial charge on any atom is -0.427 e. The largest absolute Gasteiger partial charge is 0.427 e. The summed E-state index contributed by atoms with van der Waals surface area (Å²) in [5.74, 6) is 0.0833. The summed E-state index contributed by atoms with van der Waals surface area (Å²) >= 11 is 0. The Kier molecular flexibility index (Phi) is 7.12. The molecule has 3 atom stereocenters. The first kappa shape index (κ1) is 26.1. The fraction of sp³-hybridized carbons (Fsp3) is 0.375. The number of fused-ring (bicyclic) bond motifs is 2. The topological polar surface area (TPSA) is 70.1 Å². The number of esters is 1. The zero-order chi connectivity index (χ0) is 26.9. The van der Waals surface area contributed by atoms with Gasteiger partial charge in [0, 0.05) is 44.1 Å². The van der Waals surface area contributed by atoms with Crippen LogP contribution < -0.4 is 4.74 Å². The van der Waals surface area contributed by atoms with Crippen molar-refractivity contribution >= 4 is 22.6 Å². The number of hydrogen-bond donors (Lipinski definition) is 1. The van der Waals surface area contributed by atoms with Gasteiger partial charge in [0.15, 0.2) is 0 Å². The Hall–Kier alpha value is -3.48. The summed E-state index contributed by atoms with van der Waals surface area (Å²) < 4.78 is 5.41. The molecule has 1 saturated heterocycles. The van der Waals surface area contributed by atoms with Gasteiger partial charge in [-0.15, -0.1) is 6.58 Å². The van der Waals surface area contributed by atoms with E-state index in [0.717, 1.165) is 35.8 Å². The van der Waals surface area contributed by atoms with E-state index in [2.05, 4.69) is 11.5 Å². The third-order valence-corrected chi connectivity index (χ3v) is 8.61. The minimum atomic E-state index is -0.980. The van der Waals surface area contributed by atoms with Gasteiger partial charge >= 0.3 is 5.97 Å². The van der Waals surface area contributed by atoms with Gasteiger partial charge in [-0.3, -0.25) is 14.5 Å². The van der Waals surface area contributed by atoms with Crippen LogP contribution in [0.25, 0.3) is 10.8 Å². The summed E-state index contributed by atoms with van der Waals surface area (Å²) in [6.07, 6.45) is 4.51. The highest BCUT2D eigenvalue weighted by Crippen LogP contribution is 2.53. The average Bonchev–Trinajstić information content (AvgIpc) is 2.91. The standard InChI is InChI=1S/C32H36N2O4/c1-4-17-34-18-16-31(27-10-7-11-29(20-27)38-23(2)35)21-28(14-15-32(31,37)22-34)33(3)30(36)26-13-12-24-8-5-6-9-25(24)19-26/h4-13,19-20,28,37H,1,14-18,21-22H2,2-3H3. The van der Waals surface area contributed by atoms with Crippen LogP contribution in [0.15, 0.2) is 79.4 Å². The number of ether oxygens (including phenoxy) is 1. The maximum absolute atomic E-state index is 13.7. The van der Waals surface area contributed by atoms with Gasteiger partial charge in [0.25, 0.3) is 5.91 Å². The van der Waals surface area contributed by atoms with Crippen LogP contribution in [0.3, 0.4) is 0 Å². The number of carbonyl (C=O) groups is 2. The van der Waals surface area contributed by atoms with Gasteiger partial charge in [-0.1, -0.05) is 48.5 Å². The van der Waals surface area contributed by atoms with Crippen LogP contribution in [0.4, 0.5) is 0 Å². The number of rotatable bonds is 6. The summed E-state index contributed by atoms with van der Waals surface area (Å²) in [7, 11) is 1.88. The quantitative estimate of drug-likeness (QED) is 0.288. The second-order valence-corrected chi connectivity index (χ2v) is 10.9. The van der Waals surface area contributed by atoms with Crippen LogP contribution in [0.5, 0.6) is 5.75 Å². The van der Waals surface area contributed by atoms with Gasteiger partial charge in [0.2, 0.25) is 0 Å². The Morgan fingerprint density at radius 2 is 1.89 bits per heavy atom. The van der Waals surface area contributed by atoms with Crippen molar-refractivity contribution in [2.75, 3.05) is 26.7 Å². The molecule has 3 aromatic carbocycles. The molecule has 2 fully saturated rings. The van der Waals surface area contributed by atoms with Crippen molar-refractivity contribution < 1.29 is 19.4 Å². The molecule has 1 aliphatic heterocycles. The summed E-state index contributed by atoms with van der Waals surface area (Å²) in [6, 6.07) is 21.4. The first-order valence-electron chi connectivity index (χ1n) is 13.4. The number of carbonyl (C=O) groups excluding carboxylic acids is 2. The van der Waals surface area contributed by atoms with Crippen molar-refractivity contribution in [1.82, 2.24) is 9.80 Å². The van der Waals surface area contributed by atoms with E-state index < -0.39 is 11.0 Å². The van der Waals surface area contributed by atoms with Crippen molar-refractivity contribution in [3.05, 3.63) is 90.5 Å². The normalized spacial score (nSPS) is 25.4. The van der Waals surface area contributed by atoms with Gasteiger partial charge in [0.05, 0.1) is 5.60 Å². The highest BCUT2D eigenvalue weighted by Gasteiger charge is 2.58. The Labute approximate surface area is 224 Å². The number of nitrogens with zero attached hydrogens (tertiary/aromatic N) is 2. The second-order valence-electron chi connectivity index (χ2n) is 10.9. The van der Waals surface area contributed by atoms with E-state index in [1.54, 1.807) is 6.07 Å². The Balaban J connectivity index is 1.48. The molecule has 0 aromatic heterocycles. The van der Waals surface area contributed by atoms with E-state index in [1.807, 2.05) is 78.7 Å². The maximum atomic E-state index is 13.7. The van der Waals surface area contributed by atoms with Gasteiger partial charge in [-0.25, -0.2) is 0 Å². The van der Waals surface area contributed by atoms with Crippen LogP contribution in [0.2, 0.25) is 0 Å². The Morgan fingerprint density at radius 1 is 1.11 bits per heavy atom. The molecule has 3 unspecified atom stereocenters. The molecule has 1 saturated carbocycles. The molecule has 0 spiro atoms. The molecule has 6 heteroatoms. The molecule has 3 aromatic rings. The lowest BCUT2D eigenvalue weighted by Crippen LogP contribution is -2.67. The van der Waals surface area contributed by atoms with Crippen LogP contribution in [0, 0.1) is 0 Å². The number of hydrogen-bond acceptors (Lipinski definition) is 5. The van der Waals surface area contributed by atoms with Crippen molar-refractivity contribution in [2.45, 2.75) is 49.7 Å². The van der Waals surface area contributed by atoms with E-state index in [0.29, 0.717) is 37.1 Å². The number of likely N-dealkylation sites (tertiary alicyclic amines) is 1. The van der Waals surface area contributed by atoms with E-state index in [4.69, 9.17) is 4.74 Å². The lowest BCUT2D eigenvalue weighted by atomic mass is 9.55. The van der Waals surface area contributed by atoms with Gasteiger partial charge < -0.3 is 14.7 Å². The molecule has 1 aliphatic carbocycles. The molecule has 6 nitrogen and oxygen atoms in total. The number of β-amino-alcohol motifs (C(OH)–C–C–N with tert-alkyl or cyclic N) is 1. The smallest absolute Gasteiger partial charge is 0.308 e. The molecule has 1 amide bonds. The highest BCUT2D eigenvalue weighted by molar-refractivity contribution is 5.98. The minimum absolute atomic E-state index is 0.0147. The van der Waals surface area contributed by atoms with Gasteiger partial charge in [0.1, 0.15) is 5.75 Å². The molecular weight excluding hydrogens is 476 g/mol. The fourth-order valence-electron chi connectivity index (χ4n) is 6.62. The van der Waals surface area contributed by atoms with Crippen LogP contribution in [0.1, 0.15) is 48.5 Å². The fourth-order valence-corrected chi connectivity index (χ4v) is 6.62. The van der Waals surface area contributed by atoms with Gasteiger partial charge in [-0.2, -0.15) is 0 Å². The third kappa shape index (κ3) is 4.74. The lowest BCUT2D eigenvalue weighted by molar-refractivity contribution is -0.132. The number of benzene rings is 3. The molecule has 2 aliphatic rings. The maximum Gasteiger partial charge on any atom is 0.308 e. The van der Waals surface area contributed by atoms with E-state index in [9.17, 15) is 14.7 Å². The number of aliphatic hydroxyl groups is 1. The Bertz CT molecular complexity index is 1370. The summed E-state index contributed by atoms with van der Waals surface area (Å²) in [6.45, 7) is 7.33. The van der Waals surface area contributed by atoms with Crippen molar-refractivity contribution in [3.8, 4) is 5.75 Å². The zero-order valence-electron chi connectivity index (χ0n) is 22.2. The molecule has 38 heavy (non-hydrogen) atoms. The number of piperidine rings is 1. The molecule has 1 N–H and O–H groups in total. The van der Waals surface area contributed by atoms with E-state index >= 15 is 0 Å². The monoisotopic (exact) mass is 512 g/mol. The predicted octanol–water partition coefficient (Wildman–Crippen LogP) is 4.95. The van der Waals surface area contributed by atoms with Crippen molar-refractivity contribution in [2.24, 2.45) is 0 Å². The Morgan fingerprint density at radius 3 is 2.66 bits per heavy atom. The number of amides is 1. The zero-order valence-corrected chi connectivity index (χ0v) is 22.2. The summed E-state index contributed by atoms with van der Waals surface area (Å²) in [4.78, 5) is 29.4. The van der Waals surface area contributed by atoms with E-state index in [1.165, 1.54) is 6.92 Å². The van der Waals surface area contributed by atoms with Crippen LogP contribution in [-0.4, -0.2) is 65.1 Å². The third-order valence-electron chi connectivity index (χ3n) is 8.61.